The highest BCUT2D eigenvalue weighted by atomic mass is 35.5. The highest BCUT2D eigenvalue weighted by molar-refractivity contribution is 6.42. The number of benzene rings is 2. The van der Waals surface area contributed by atoms with E-state index in [9.17, 15) is 14.0 Å². The van der Waals surface area contributed by atoms with Crippen LogP contribution in [0.2, 0.25) is 10.0 Å². The Hall–Kier alpha value is -2.89. The maximum Gasteiger partial charge on any atom is 0.275 e. The second-order valence-corrected chi connectivity index (χ2v) is 6.70. The number of halogens is 3. The predicted molar refractivity (Wildman–Crippen MR) is 111 cm³/mol. The van der Waals surface area contributed by atoms with Crippen LogP contribution in [0.5, 0.6) is 0 Å². The van der Waals surface area contributed by atoms with Crippen molar-refractivity contribution in [2.24, 2.45) is 0 Å². The van der Waals surface area contributed by atoms with Gasteiger partial charge in [-0.3, -0.25) is 14.2 Å². The molecule has 0 saturated heterocycles. The second-order valence-electron chi connectivity index (χ2n) is 5.91. The Morgan fingerprint density at radius 1 is 1.04 bits per heavy atom. The number of nitrogens with one attached hydrogen (secondary N) is 1. The lowest BCUT2D eigenvalue weighted by molar-refractivity contribution is 0.624. The summed E-state index contributed by atoms with van der Waals surface area (Å²) in [4.78, 5) is 28.1. The van der Waals surface area contributed by atoms with Gasteiger partial charge < -0.3 is 4.98 Å². The molecule has 0 bridgehead atoms. The lowest BCUT2D eigenvalue weighted by atomic mass is 10.2. The maximum atomic E-state index is 14.0. The number of aromatic amines is 1. The minimum Gasteiger partial charge on any atom is -0.316 e. The fourth-order valence-electron chi connectivity index (χ4n) is 2.70. The molecule has 4 nitrogen and oxygen atoms in total. The smallest absolute Gasteiger partial charge is 0.275 e. The zero-order valence-corrected chi connectivity index (χ0v) is 16.1. The minimum atomic E-state index is -0.547. The van der Waals surface area contributed by atoms with Crippen molar-refractivity contribution < 1.29 is 4.39 Å². The SMILES string of the molecule is C=CCn1c(=O)/c(=C/c2cccc(Cl)c2Cl)[nH]c(=O)/c1=C/c1ccccc1F. The van der Waals surface area contributed by atoms with Gasteiger partial charge in [0, 0.05) is 12.1 Å². The summed E-state index contributed by atoms with van der Waals surface area (Å²) in [7, 11) is 0. The molecule has 142 valence electrons. The Balaban J connectivity index is 2.34. The van der Waals surface area contributed by atoms with Gasteiger partial charge in [-0.1, -0.05) is 59.6 Å². The molecule has 0 aliphatic carbocycles. The Labute approximate surface area is 169 Å². The first-order valence-electron chi connectivity index (χ1n) is 8.28. The van der Waals surface area contributed by atoms with Gasteiger partial charge in [0.2, 0.25) is 0 Å². The van der Waals surface area contributed by atoms with Crippen molar-refractivity contribution in [3.63, 3.8) is 0 Å². The van der Waals surface area contributed by atoms with Crippen LogP contribution >= 0.6 is 23.2 Å². The van der Waals surface area contributed by atoms with Crippen LogP contribution < -0.4 is 21.8 Å². The molecular weight excluding hydrogens is 402 g/mol. The summed E-state index contributed by atoms with van der Waals surface area (Å²) in [6, 6.07) is 10.9. The number of hydrogen-bond donors (Lipinski definition) is 1. The van der Waals surface area contributed by atoms with E-state index in [1.54, 1.807) is 30.3 Å². The van der Waals surface area contributed by atoms with Crippen molar-refractivity contribution >= 4 is 35.4 Å². The first-order valence-corrected chi connectivity index (χ1v) is 9.04. The van der Waals surface area contributed by atoms with Gasteiger partial charge in [-0.2, -0.15) is 0 Å². The van der Waals surface area contributed by atoms with Crippen LogP contribution in [-0.2, 0) is 6.54 Å². The fraction of sp³-hybridized carbons (Fsp3) is 0.0476. The summed E-state index contributed by atoms with van der Waals surface area (Å²) < 4.78 is 15.2. The maximum absolute atomic E-state index is 14.0. The van der Waals surface area contributed by atoms with Crippen molar-refractivity contribution in [2.75, 3.05) is 0 Å². The van der Waals surface area contributed by atoms with Crippen molar-refractivity contribution in [2.45, 2.75) is 6.54 Å². The van der Waals surface area contributed by atoms with Gasteiger partial charge in [0.1, 0.15) is 16.5 Å². The third kappa shape index (κ3) is 4.01. The van der Waals surface area contributed by atoms with Gasteiger partial charge in [-0.05, 0) is 29.8 Å². The van der Waals surface area contributed by atoms with Crippen LogP contribution in [0.4, 0.5) is 4.39 Å². The summed E-state index contributed by atoms with van der Waals surface area (Å²) >= 11 is 12.2. The second kappa shape index (κ2) is 8.42. The van der Waals surface area contributed by atoms with E-state index in [1.807, 2.05) is 0 Å². The molecule has 3 aromatic rings. The first-order chi connectivity index (χ1) is 13.4. The van der Waals surface area contributed by atoms with Crippen LogP contribution in [0.3, 0.4) is 0 Å². The van der Waals surface area contributed by atoms with E-state index in [4.69, 9.17) is 23.2 Å². The largest absolute Gasteiger partial charge is 0.316 e. The van der Waals surface area contributed by atoms with E-state index in [1.165, 1.54) is 34.9 Å². The van der Waals surface area contributed by atoms with Crippen molar-refractivity contribution in [1.29, 1.82) is 0 Å². The van der Waals surface area contributed by atoms with Crippen molar-refractivity contribution in [3.8, 4) is 0 Å². The van der Waals surface area contributed by atoms with E-state index in [0.717, 1.165) is 0 Å². The molecule has 1 N–H and O–H groups in total. The lowest BCUT2D eigenvalue weighted by Gasteiger charge is -2.05. The zero-order chi connectivity index (χ0) is 20.3. The van der Waals surface area contributed by atoms with Gasteiger partial charge in [0.15, 0.2) is 0 Å². The Bertz CT molecular complexity index is 1290. The van der Waals surface area contributed by atoms with Gasteiger partial charge >= 0.3 is 0 Å². The summed E-state index contributed by atoms with van der Waals surface area (Å²) in [5.74, 6) is -0.499. The Morgan fingerprint density at radius 3 is 2.46 bits per heavy atom. The quantitative estimate of drug-likeness (QED) is 0.664. The number of aromatic nitrogens is 2. The molecule has 0 aliphatic heterocycles. The van der Waals surface area contributed by atoms with E-state index in [-0.39, 0.29) is 27.8 Å². The first kappa shape index (κ1) is 19.9. The van der Waals surface area contributed by atoms with Gasteiger partial charge in [0.25, 0.3) is 11.1 Å². The van der Waals surface area contributed by atoms with Crippen molar-refractivity contribution in [3.05, 3.63) is 114 Å². The molecule has 3 rings (SSSR count). The number of rotatable bonds is 4. The number of nitrogens with zero attached hydrogens (tertiary/aromatic N) is 1. The van der Waals surface area contributed by atoms with Gasteiger partial charge in [-0.15, -0.1) is 6.58 Å². The molecule has 0 spiro atoms. The van der Waals surface area contributed by atoms with Gasteiger partial charge in [0.05, 0.1) is 10.0 Å². The topological polar surface area (TPSA) is 54.9 Å². The average Bonchev–Trinajstić information content (AvgIpc) is 2.67. The molecule has 0 fully saturated rings. The standard InChI is InChI=1S/C21H15Cl2FN2O2/c1-2-10-26-18(12-13-6-3-4-9-16(13)24)20(27)25-17(21(26)28)11-14-7-5-8-15(22)19(14)23/h2-9,11-12H,1,10H2,(H,25,27)/b17-11-,18-12-. The monoisotopic (exact) mass is 416 g/mol. The van der Waals surface area contributed by atoms with E-state index in [0.29, 0.717) is 10.6 Å². The molecule has 0 radical (unpaired) electrons. The third-order valence-electron chi connectivity index (χ3n) is 4.04. The Morgan fingerprint density at radius 2 is 1.75 bits per heavy atom. The highest BCUT2D eigenvalue weighted by Crippen LogP contribution is 2.25. The molecule has 1 aromatic heterocycles. The predicted octanol–water partition coefficient (Wildman–Crippen LogP) is 2.83. The molecule has 0 saturated carbocycles. The molecule has 0 atom stereocenters. The molecule has 7 heteroatoms. The molecule has 28 heavy (non-hydrogen) atoms. The minimum absolute atomic E-state index is 0.0179. The Kier molecular flexibility index (Phi) is 5.97. The number of hydrogen-bond acceptors (Lipinski definition) is 2. The van der Waals surface area contributed by atoms with Crippen LogP contribution in [0.1, 0.15) is 11.1 Å². The van der Waals surface area contributed by atoms with Crippen LogP contribution in [0, 0.1) is 5.82 Å². The molecular formula is C21H15Cl2FN2O2. The third-order valence-corrected chi connectivity index (χ3v) is 4.87. The summed E-state index contributed by atoms with van der Waals surface area (Å²) in [5, 5.41) is 0.640. The van der Waals surface area contributed by atoms with E-state index < -0.39 is 16.9 Å². The summed E-state index contributed by atoms with van der Waals surface area (Å²) in [6.07, 6.45) is 4.26. The molecule has 0 unspecified atom stereocenters. The van der Waals surface area contributed by atoms with Crippen LogP contribution in [0.25, 0.3) is 12.2 Å². The molecule has 0 aliphatic rings. The van der Waals surface area contributed by atoms with Crippen LogP contribution in [-0.4, -0.2) is 9.55 Å². The van der Waals surface area contributed by atoms with E-state index in [2.05, 4.69) is 11.6 Å². The van der Waals surface area contributed by atoms with E-state index >= 15 is 0 Å². The average molecular weight is 417 g/mol. The fourth-order valence-corrected chi connectivity index (χ4v) is 3.06. The normalized spacial score (nSPS) is 12.4. The highest BCUT2D eigenvalue weighted by Gasteiger charge is 2.07. The molecule has 2 aromatic carbocycles. The van der Waals surface area contributed by atoms with Crippen molar-refractivity contribution in [1.82, 2.24) is 9.55 Å². The number of allylic oxidation sites excluding steroid dienone is 1. The molecule has 0 amide bonds. The lowest BCUT2D eigenvalue weighted by Crippen LogP contribution is -2.53. The zero-order valence-electron chi connectivity index (χ0n) is 14.6. The molecule has 1 heterocycles. The van der Waals surface area contributed by atoms with Crippen LogP contribution in [0.15, 0.2) is 64.7 Å². The summed E-state index contributed by atoms with van der Waals surface area (Å²) in [6.45, 7) is 3.70. The number of H-pyrrole nitrogens is 1. The summed E-state index contributed by atoms with van der Waals surface area (Å²) in [5.41, 5.74) is -0.343. The van der Waals surface area contributed by atoms with Gasteiger partial charge in [-0.25, -0.2) is 4.39 Å².